The minimum absolute atomic E-state index is 0.0924. The quantitative estimate of drug-likeness (QED) is 0.196. The van der Waals surface area contributed by atoms with Crippen LogP contribution < -0.4 is 14.2 Å². The van der Waals surface area contributed by atoms with Gasteiger partial charge < -0.3 is 28.8 Å². The number of ether oxygens (including phenoxy) is 3. The number of hydrogen-bond donors (Lipinski definition) is 2. The number of benzene rings is 3. The van der Waals surface area contributed by atoms with Gasteiger partial charge in [0.15, 0.2) is 17.8 Å². The number of carbonyl (C=O) groups is 2. The highest BCUT2D eigenvalue weighted by molar-refractivity contribution is 6.43. The van der Waals surface area contributed by atoms with Gasteiger partial charge in [0.05, 0.1) is 15.1 Å². The summed E-state index contributed by atoms with van der Waals surface area (Å²) in [6.07, 6.45) is -1.84. The van der Waals surface area contributed by atoms with Crippen LogP contribution in [-0.2, 0) is 9.59 Å². The molecule has 1 heterocycles. The van der Waals surface area contributed by atoms with E-state index in [-0.39, 0.29) is 26.9 Å². The fourth-order valence-electron chi connectivity index (χ4n) is 2.70. The lowest BCUT2D eigenvalue weighted by Gasteiger charge is -2.12. The van der Waals surface area contributed by atoms with Crippen molar-refractivity contribution in [1.82, 2.24) is 4.98 Å². The average Bonchev–Trinajstić information content (AvgIpc) is 3.25. The minimum Gasteiger partial charge on any atom is -0.479 e. The molecule has 0 aliphatic rings. The highest BCUT2D eigenvalue weighted by Gasteiger charge is 2.16. The summed E-state index contributed by atoms with van der Waals surface area (Å²) in [5, 5.41) is 18.7. The molecule has 3 aromatic carbocycles. The maximum Gasteiger partial charge on any atom is 0.400 e. The molecule has 0 spiro atoms. The number of aliphatic carboxylic acids is 2. The van der Waals surface area contributed by atoms with Crippen molar-refractivity contribution in [2.45, 2.75) is 26.1 Å². The van der Waals surface area contributed by atoms with Crippen LogP contribution in [0.3, 0.4) is 0 Å². The Morgan fingerprint density at radius 3 is 2.00 bits per heavy atom. The molecule has 4 rings (SSSR count). The predicted molar refractivity (Wildman–Crippen MR) is 142 cm³/mol. The van der Waals surface area contributed by atoms with Crippen molar-refractivity contribution < 1.29 is 38.4 Å². The Morgan fingerprint density at radius 1 is 0.789 bits per heavy atom. The van der Waals surface area contributed by atoms with E-state index in [1.54, 1.807) is 42.5 Å². The Kier molecular flexibility index (Phi) is 9.93. The van der Waals surface area contributed by atoms with E-state index in [0.29, 0.717) is 27.6 Å². The van der Waals surface area contributed by atoms with Crippen LogP contribution in [0.4, 0.5) is 0 Å². The molecule has 4 aromatic rings. The van der Waals surface area contributed by atoms with Gasteiger partial charge in [-0.05, 0) is 56.3 Å². The van der Waals surface area contributed by atoms with E-state index < -0.39 is 24.1 Å². The molecule has 0 saturated carbocycles. The molecule has 0 amide bonds. The standard InChI is InChI=1S/C16H12ClNO5.C9H7Cl3O3/c1-9(15(19)20)21-11-3-5-12(6-4-11)22-16-18-13-7-2-10(17)8-14(13)23-16;1-4(9(13)14)15-8-3-6(11)5(10)2-7(8)12/h2-9H,1H3,(H,19,20);2-4H,1H3,(H,13,14). The fraction of sp³-hybridized carbons (Fsp3) is 0.160. The first-order valence-electron chi connectivity index (χ1n) is 10.7. The van der Waals surface area contributed by atoms with Crippen LogP contribution in [-0.4, -0.2) is 39.3 Å². The van der Waals surface area contributed by atoms with Gasteiger partial charge in [0.25, 0.3) is 0 Å². The molecule has 0 aliphatic carbocycles. The zero-order chi connectivity index (χ0) is 28.0. The van der Waals surface area contributed by atoms with E-state index in [1.807, 2.05) is 0 Å². The third-order valence-corrected chi connectivity index (χ3v) is 5.90. The van der Waals surface area contributed by atoms with Crippen LogP contribution in [0.2, 0.25) is 20.1 Å². The Morgan fingerprint density at radius 2 is 1.37 bits per heavy atom. The Hall–Kier alpha value is -3.37. The normalized spacial score (nSPS) is 12.2. The van der Waals surface area contributed by atoms with Gasteiger partial charge in [-0.2, -0.15) is 4.98 Å². The SMILES string of the molecule is CC(Oc1cc(Cl)c(Cl)cc1Cl)C(=O)O.CC(Oc1ccc(Oc2nc3ccc(Cl)cc3o2)cc1)C(=O)O. The molecule has 0 radical (unpaired) electrons. The first-order valence-corrected chi connectivity index (χ1v) is 12.2. The molecule has 0 bridgehead atoms. The molecule has 1 aromatic heterocycles. The number of carboxylic acid groups (broad SMARTS) is 2. The number of rotatable bonds is 8. The van der Waals surface area contributed by atoms with Crippen molar-refractivity contribution in [2.75, 3.05) is 0 Å². The van der Waals surface area contributed by atoms with Crippen molar-refractivity contribution in [3.8, 4) is 23.3 Å². The molecule has 0 aliphatic heterocycles. The molecule has 2 N–H and O–H groups in total. The van der Waals surface area contributed by atoms with E-state index >= 15 is 0 Å². The first kappa shape index (κ1) is 29.2. The second kappa shape index (κ2) is 12.9. The van der Waals surface area contributed by atoms with E-state index in [4.69, 9.17) is 75.2 Å². The number of oxazole rings is 1. The summed E-state index contributed by atoms with van der Waals surface area (Å²) in [7, 11) is 0. The molecule has 0 fully saturated rings. The highest BCUT2D eigenvalue weighted by atomic mass is 35.5. The van der Waals surface area contributed by atoms with Crippen LogP contribution in [0.25, 0.3) is 11.1 Å². The largest absolute Gasteiger partial charge is 0.479 e. The fourth-order valence-corrected chi connectivity index (χ4v) is 3.44. The summed E-state index contributed by atoms with van der Waals surface area (Å²) >= 11 is 23.1. The molecule has 2 unspecified atom stereocenters. The van der Waals surface area contributed by atoms with Crippen molar-refractivity contribution in [2.24, 2.45) is 0 Å². The maximum absolute atomic E-state index is 10.7. The topological polar surface area (TPSA) is 128 Å². The van der Waals surface area contributed by atoms with Crippen molar-refractivity contribution in [3.63, 3.8) is 0 Å². The number of fused-ring (bicyclic) bond motifs is 1. The summed E-state index contributed by atoms with van der Waals surface area (Å²) in [6.45, 7) is 2.84. The molecular formula is C25H19Cl4NO8. The number of hydrogen-bond acceptors (Lipinski definition) is 7. The van der Waals surface area contributed by atoms with E-state index in [0.717, 1.165) is 0 Å². The number of aromatic nitrogens is 1. The zero-order valence-electron chi connectivity index (χ0n) is 19.7. The second-order valence-electron chi connectivity index (χ2n) is 7.56. The molecule has 2 atom stereocenters. The van der Waals surface area contributed by atoms with Crippen molar-refractivity contribution in [3.05, 3.63) is 74.7 Å². The van der Waals surface area contributed by atoms with Crippen LogP contribution in [0.5, 0.6) is 23.3 Å². The van der Waals surface area contributed by atoms with Gasteiger partial charge in [0.2, 0.25) is 0 Å². The van der Waals surface area contributed by atoms with Gasteiger partial charge in [-0.25, -0.2) is 9.59 Å². The number of nitrogens with zero attached hydrogens (tertiary/aromatic N) is 1. The number of halogens is 4. The molecule has 0 saturated heterocycles. The van der Waals surface area contributed by atoms with Crippen molar-refractivity contribution in [1.29, 1.82) is 0 Å². The van der Waals surface area contributed by atoms with Crippen LogP contribution in [0, 0.1) is 0 Å². The summed E-state index contributed by atoms with van der Waals surface area (Å²) < 4.78 is 21.3. The van der Waals surface area contributed by atoms with Gasteiger partial charge >= 0.3 is 18.0 Å². The zero-order valence-corrected chi connectivity index (χ0v) is 22.7. The first-order chi connectivity index (χ1) is 17.9. The lowest BCUT2D eigenvalue weighted by atomic mass is 10.3. The third kappa shape index (κ3) is 8.06. The van der Waals surface area contributed by atoms with Crippen LogP contribution in [0.15, 0.2) is 59.0 Å². The van der Waals surface area contributed by atoms with Gasteiger partial charge in [-0.15, -0.1) is 0 Å². The molecule has 13 heteroatoms. The molecule has 9 nitrogen and oxygen atoms in total. The van der Waals surface area contributed by atoms with E-state index in [9.17, 15) is 9.59 Å². The highest BCUT2D eigenvalue weighted by Crippen LogP contribution is 2.34. The monoisotopic (exact) mass is 601 g/mol. The van der Waals surface area contributed by atoms with Gasteiger partial charge in [-0.3, -0.25) is 0 Å². The summed E-state index contributed by atoms with van der Waals surface area (Å²) in [4.78, 5) is 25.5. The van der Waals surface area contributed by atoms with Crippen LogP contribution in [0.1, 0.15) is 13.8 Å². The lowest BCUT2D eigenvalue weighted by Crippen LogP contribution is -2.22. The maximum atomic E-state index is 10.7. The third-order valence-electron chi connectivity index (χ3n) is 4.65. The van der Waals surface area contributed by atoms with Crippen molar-refractivity contribution >= 4 is 69.4 Å². The Labute approximate surface area is 236 Å². The molecule has 38 heavy (non-hydrogen) atoms. The van der Waals surface area contributed by atoms with Gasteiger partial charge in [-0.1, -0.05) is 46.4 Å². The minimum atomic E-state index is -1.09. The van der Waals surface area contributed by atoms with Gasteiger partial charge in [0, 0.05) is 17.2 Å². The molecular weight excluding hydrogens is 584 g/mol. The predicted octanol–water partition coefficient (Wildman–Crippen LogP) is 7.62. The van der Waals surface area contributed by atoms with Crippen LogP contribution >= 0.6 is 46.4 Å². The summed E-state index contributed by atoms with van der Waals surface area (Å²) in [6, 6.07) is 14.4. The van der Waals surface area contributed by atoms with E-state index in [2.05, 4.69) is 4.98 Å². The summed E-state index contributed by atoms with van der Waals surface area (Å²) in [5.74, 6) is -1.01. The lowest BCUT2D eigenvalue weighted by molar-refractivity contribution is -0.145. The summed E-state index contributed by atoms with van der Waals surface area (Å²) in [5.41, 5.74) is 1.17. The average molecular weight is 603 g/mol. The molecule has 200 valence electrons. The smallest absolute Gasteiger partial charge is 0.400 e. The van der Waals surface area contributed by atoms with Gasteiger partial charge in [0.1, 0.15) is 22.8 Å². The Balaban J connectivity index is 0.000000232. The van der Waals surface area contributed by atoms with E-state index in [1.165, 1.54) is 26.0 Å². The Bertz CT molecular complexity index is 1440. The number of carboxylic acids is 2. The second-order valence-corrected chi connectivity index (χ2v) is 9.22.